The summed E-state index contributed by atoms with van der Waals surface area (Å²) in [6.45, 7) is 1.78. The van der Waals surface area contributed by atoms with E-state index in [9.17, 15) is 9.59 Å². The fourth-order valence-electron chi connectivity index (χ4n) is 2.10. The van der Waals surface area contributed by atoms with Crippen molar-refractivity contribution in [1.29, 1.82) is 0 Å². The highest BCUT2D eigenvalue weighted by Crippen LogP contribution is 2.29. The maximum absolute atomic E-state index is 12.3. The summed E-state index contributed by atoms with van der Waals surface area (Å²) in [4.78, 5) is 29.3. The molecule has 3 heterocycles. The lowest BCUT2D eigenvalue weighted by molar-refractivity contribution is 0.0843. The number of aromatic nitrogens is 2. The normalized spacial score (nSPS) is 10.6. The lowest BCUT2D eigenvalue weighted by Crippen LogP contribution is -2.42. The summed E-state index contributed by atoms with van der Waals surface area (Å²) < 4.78 is 2.46. The van der Waals surface area contributed by atoms with E-state index < -0.39 is 5.91 Å². The van der Waals surface area contributed by atoms with Gasteiger partial charge in [-0.1, -0.05) is 0 Å². The van der Waals surface area contributed by atoms with E-state index in [1.54, 1.807) is 42.1 Å². The van der Waals surface area contributed by atoms with Gasteiger partial charge in [0, 0.05) is 28.7 Å². The van der Waals surface area contributed by atoms with E-state index >= 15 is 0 Å². The number of carbonyl (C=O) groups is 2. The second-order valence-electron chi connectivity index (χ2n) is 5.01. The highest BCUT2D eigenvalue weighted by Gasteiger charge is 2.18. The molecule has 0 unspecified atom stereocenters. The number of thiophene rings is 1. The maximum Gasteiger partial charge on any atom is 0.286 e. The second-order valence-corrected chi connectivity index (χ2v) is 7.70. The van der Waals surface area contributed by atoms with Crippen molar-refractivity contribution < 1.29 is 9.59 Å². The molecule has 0 bridgehead atoms. The van der Waals surface area contributed by atoms with Gasteiger partial charge in [0.15, 0.2) is 0 Å². The van der Waals surface area contributed by atoms with Gasteiger partial charge in [0.1, 0.15) is 15.6 Å². The number of amides is 2. The lowest BCUT2D eigenvalue weighted by Gasteiger charge is -2.07. The van der Waals surface area contributed by atoms with Crippen LogP contribution in [0.5, 0.6) is 0 Å². The molecule has 0 aliphatic carbocycles. The number of nitrogens with zero attached hydrogens (tertiary/aromatic N) is 2. The summed E-state index contributed by atoms with van der Waals surface area (Å²) in [5.74, 6) is -0.773. The van der Waals surface area contributed by atoms with Crippen LogP contribution in [0.15, 0.2) is 33.6 Å². The number of thiazole rings is 1. The van der Waals surface area contributed by atoms with Gasteiger partial charge in [-0.15, -0.1) is 11.3 Å². The van der Waals surface area contributed by atoms with Crippen molar-refractivity contribution in [2.75, 3.05) is 0 Å². The Balaban J connectivity index is 1.69. The van der Waals surface area contributed by atoms with Crippen LogP contribution in [0, 0.1) is 6.92 Å². The third-order valence-electron chi connectivity index (χ3n) is 3.26. The molecular formula is C15H13BrN4O2S2. The minimum absolute atomic E-state index is 0.381. The van der Waals surface area contributed by atoms with Gasteiger partial charge in [-0.05, 0) is 40.4 Å². The average molecular weight is 425 g/mol. The van der Waals surface area contributed by atoms with Crippen molar-refractivity contribution in [3.63, 3.8) is 0 Å². The summed E-state index contributed by atoms with van der Waals surface area (Å²) in [6, 6.07) is 3.63. The molecular weight excluding hydrogens is 412 g/mol. The first-order chi connectivity index (χ1) is 11.5. The Morgan fingerprint density at radius 3 is 2.67 bits per heavy atom. The van der Waals surface area contributed by atoms with Crippen LogP contribution in [-0.4, -0.2) is 21.4 Å². The first kappa shape index (κ1) is 16.9. The van der Waals surface area contributed by atoms with Crippen LogP contribution in [0.25, 0.3) is 10.6 Å². The molecule has 2 amide bonds. The molecule has 0 aliphatic rings. The average Bonchev–Trinajstić information content (AvgIpc) is 3.24. The Hall–Kier alpha value is -1.97. The Morgan fingerprint density at radius 2 is 2.04 bits per heavy atom. The SMILES string of the molecule is Cc1nc(-c2ccsc2)sc1C(=O)NNC(=O)c1cc(Br)cn1C. The molecule has 0 radical (unpaired) electrons. The molecule has 3 aromatic heterocycles. The highest BCUT2D eigenvalue weighted by atomic mass is 79.9. The predicted molar refractivity (Wildman–Crippen MR) is 98.2 cm³/mol. The summed E-state index contributed by atoms with van der Waals surface area (Å²) in [6.07, 6.45) is 1.76. The zero-order valence-electron chi connectivity index (χ0n) is 12.8. The zero-order chi connectivity index (χ0) is 17.3. The first-order valence-electron chi connectivity index (χ1n) is 6.88. The third-order valence-corrected chi connectivity index (χ3v) is 5.59. The standard InChI is InChI=1S/C15H13BrN4O2S2/c1-8-12(24-15(17-8)9-3-4-23-7-9)14(22)19-18-13(21)11-5-10(16)6-20(11)2/h3-7H,1-2H3,(H,18,21)(H,19,22). The molecule has 3 rings (SSSR count). The number of nitrogens with one attached hydrogen (secondary N) is 2. The van der Waals surface area contributed by atoms with Gasteiger partial charge in [-0.2, -0.15) is 11.3 Å². The number of aryl methyl sites for hydroxylation is 2. The Bertz CT molecular complexity index is 899. The summed E-state index contributed by atoms with van der Waals surface area (Å²) in [5, 5.41) is 4.73. The van der Waals surface area contributed by atoms with Crippen LogP contribution in [0.2, 0.25) is 0 Å². The third kappa shape index (κ3) is 3.42. The molecule has 0 saturated carbocycles. The van der Waals surface area contributed by atoms with E-state index in [1.165, 1.54) is 11.3 Å². The second kappa shape index (κ2) is 6.88. The van der Waals surface area contributed by atoms with E-state index in [4.69, 9.17) is 0 Å². The van der Waals surface area contributed by atoms with Gasteiger partial charge in [-0.25, -0.2) is 4.98 Å². The largest absolute Gasteiger partial charge is 0.345 e. The molecule has 0 spiro atoms. The van der Waals surface area contributed by atoms with Crippen LogP contribution in [0.3, 0.4) is 0 Å². The zero-order valence-corrected chi connectivity index (χ0v) is 16.0. The fraction of sp³-hybridized carbons (Fsp3) is 0.133. The van der Waals surface area contributed by atoms with Gasteiger partial charge >= 0.3 is 0 Å². The molecule has 0 atom stereocenters. The van der Waals surface area contributed by atoms with Gasteiger partial charge in [0.25, 0.3) is 11.8 Å². The summed E-state index contributed by atoms with van der Waals surface area (Å²) in [7, 11) is 1.75. The smallest absolute Gasteiger partial charge is 0.286 e. The van der Waals surface area contributed by atoms with Crippen molar-refractivity contribution in [3.05, 3.63) is 49.8 Å². The van der Waals surface area contributed by atoms with Crippen LogP contribution in [-0.2, 0) is 7.05 Å². The topological polar surface area (TPSA) is 76.0 Å². The molecule has 0 aliphatic heterocycles. The van der Waals surface area contributed by atoms with Crippen LogP contribution in [0.4, 0.5) is 0 Å². The van der Waals surface area contributed by atoms with Crippen LogP contribution < -0.4 is 10.9 Å². The predicted octanol–water partition coefficient (Wildman–Crippen LogP) is 3.36. The molecule has 24 heavy (non-hydrogen) atoms. The number of halogens is 1. The van der Waals surface area contributed by atoms with Crippen molar-refractivity contribution in [3.8, 4) is 10.6 Å². The van der Waals surface area contributed by atoms with E-state index in [1.807, 2.05) is 16.8 Å². The lowest BCUT2D eigenvalue weighted by atomic mass is 10.3. The summed E-state index contributed by atoms with van der Waals surface area (Å²) in [5.41, 5.74) is 6.92. The van der Waals surface area contributed by atoms with Gasteiger partial charge < -0.3 is 4.57 Å². The Labute approximate surface area is 154 Å². The van der Waals surface area contributed by atoms with Crippen molar-refractivity contribution >= 4 is 50.4 Å². The fourth-order valence-corrected chi connectivity index (χ4v) is 4.30. The quantitative estimate of drug-likeness (QED) is 0.632. The molecule has 0 saturated heterocycles. The van der Waals surface area contributed by atoms with Gasteiger partial charge in [-0.3, -0.25) is 20.4 Å². The van der Waals surface area contributed by atoms with E-state index in [0.29, 0.717) is 16.3 Å². The Kier molecular flexibility index (Phi) is 4.83. The Morgan fingerprint density at radius 1 is 1.29 bits per heavy atom. The monoisotopic (exact) mass is 424 g/mol. The molecule has 0 fully saturated rings. The van der Waals surface area contributed by atoms with Crippen molar-refractivity contribution in [2.24, 2.45) is 7.05 Å². The maximum atomic E-state index is 12.3. The highest BCUT2D eigenvalue weighted by molar-refractivity contribution is 9.10. The van der Waals surface area contributed by atoms with Gasteiger partial charge in [0.2, 0.25) is 0 Å². The number of hydrazine groups is 1. The molecule has 2 N–H and O–H groups in total. The summed E-state index contributed by atoms with van der Waals surface area (Å²) >= 11 is 6.18. The molecule has 6 nitrogen and oxygen atoms in total. The minimum atomic E-state index is -0.392. The number of hydrogen-bond acceptors (Lipinski definition) is 5. The van der Waals surface area contributed by atoms with Gasteiger partial charge in [0.05, 0.1) is 5.69 Å². The van der Waals surface area contributed by atoms with Crippen molar-refractivity contribution in [2.45, 2.75) is 6.92 Å². The van der Waals surface area contributed by atoms with E-state index in [-0.39, 0.29) is 5.91 Å². The number of hydrogen-bond donors (Lipinski definition) is 2. The first-order valence-corrected chi connectivity index (χ1v) is 9.43. The van der Waals surface area contributed by atoms with E-state index in [2.05, 4.69) is 31.8 Å². The molecule has 0 aromatic carbocycles. The van der Waals surface area contributed by atoms with E-state index in [0.717, 1.165) is 15.0 Å². The molecule has 9 heteroatoms. The molecule has 3 aromatic rings. The molecule has 124 valence electrons. The van der Waals surface area contributed by atoms with Crippen LogP contribution >= 0.6 is 38.6 Å². The minimum Gasteiger partial charge on any atom is -0.345 e. The number of carbonyl (C=O) groups excluding carboxylic acids is 2. The number of rotatable bonds is 3. The van der Waals surface area contributed by atoms with Crippen molar-refractivity contribution in [1.82, 2.24) is 20.4 Å². The van der Waals surface area contributed by atoms with Crippen LogP contribution in [0.1, 0.15) is 25.9 Å².